The Morgan fingerprint density at radius 2 is 1.82 bits per heavy atom. The average Bonchev–Trinajstić information content (AvgIpc) is 2.97. The van der Waals surface area contributed by atoms with E-state index in [-0.39, 0.29) is 23.8 Å². The molecule has 154 valence electrons. The van der Waals surface area contributed by atoms with Gasteiger partial charge in [-0.1, -0.05) is 0 Å². The third-order valence-corrected chi connectivity index (χ3v) is 5.36. The van der Waals surface area contributed by atoms with E-state index in [1.54, 1.807) is 5.32 Å². The fraction of sp³-hybridized carbons (Fsp3) is 0.588. The molecule has 0 aromatic carbocycles. The molecule has 0 radical (unpaired) electrons. The highest BCUT2D eigenvalue weighted by molar-refractivity contribution is 7.16. The lowest BCUT2D eigenvalue weighted by Gasteiger charge is -2.34. The molecule has 0 spiro atoms. The summed E-state index contributed by atoms with van der Waals surface area (Å²) in [6.07, 6.45) is -3.83. The highest BCUT2D eigenvalue weighted by atomic mass is 32.1. The summed E-state index contributed by atoms with van der Waals surface area (Å²) in [6, 6.07) is 1.91. The molecule has 2 N–H and O–H groups in total. The second-order valence-corrected chi connectivity index (χ2v) is 7.07. The topological polar surface area (TPSA) is 100 Å². The maximum atomic E-state index is 14.0. The van der Waals surface area contributed by atoms with E-state index in [0.717, 1.165) is 29.1 Å². The number of rotatable bonds is 6. The zero-order valence-electron chi connectivity index (χ0n) is 15.4. The van der Waals surface area contributed by atoms with Gasteiger partial charge in [-0.2, -0.15) is 18.4 Å². The van der Waals surface area contributed by atoms with Crippen LogP contribution in [-0.4, -0.2) is 37.1 Å². The zero-order chi connectivity index (χ0) is 20.9. The minimum atomic E-state index is -5.27. The molecule has 0 bridgehead atoms. The Balaban J connectivity index is 2.55. The number of aryl methyl sites for hydroxylation is 1. The first-order valence-corrected chi connectivity index (χ1v) is 9.53. The standard InChI is InChI=1S/C17H20F3N3O4S/c1-3-26-14(24)16(17(18,19)20,23-15(25)27-4-2)22-13-11(9-21)10-7-5-6-8-12(10)28-13/h22H,3-8H2,1-2H3,(H,23,25)/t16-/m1/s1. The Labute approximate surface area is 163 Å². The second-order valence-electron chi connectivity index (χ2n) is 5.97. The molecule has 0 saturated carbocycles. The summed E-state index contributed by atoms with van der Waals surface area (Å²) in [5.41, 5.74) is -2.87. The molecule has 7 nitrogen and oxygen atoms in total. The largest absolute Gasteiger partial charge is 0.463 e. The molecule has 28 heavy (non-hydrogen) atoms. The van der Waals surface area contributed by atoms with Crippen LogP contribution in [0, 0.1) is 11.3 Å². The predicted octanol–water partition coefficient (Wildman–Crippen LogP) is 3.48. The van der Waals surface area contributed by atoms with Crippen LogP contribution < -0.4 is 10.6 Å². The number of amides is 1. The third-order valence-electron chi connectivity index (χ3n) is 4.16. The lowest BCUT2D eigenvalue weighted by molar-refractivity contribution is -0.205. The van der Waals surface area contributed by atoms with Crippen molar-refractivity contribution in [3.8, 4) is 6.07 Å². The number of fused-ring (bicyclic) bond motifs is 1. The van der Waals surface area contributed by atoms with Gasteiger partial charge in [-0.15, -0.1) is 11.3 Å². The number of carbonyl (C=O) groups is 2. The number of nitrogens with one attached hydrogen (secondary N) is 2. The fourth-order valence-electron chi connectivity index (χ4n) is 2.89. The number of carbonyl (C=O) groups excluding carboxylic acids is 2. The zero-order valence-corrected chi connectivity index (χ0v) is 16.2. The lowest BCUT2D eigenvalue weighted by atomic mass is 9.96. The van der Waals surface area contributed by atoms with Crippen molar-refractivity contribution in [3.63, 3.8) is 0 Å². The van der Waals surface area contributed by atoms with E-state index >= 15 is 0 Å². The fourth-order valence-corrected chi connectivity index (χ4v) is 4.19. The summed E-state index contributed by atoms with van der Waals surface area (Å²) in [4.78, 5) is 24.9. The van der Waals surface area contributed by atoms with Gasteiger partial charge < -0.3 is 14.8 Å². The first-order chi connectivity index (χ1) is 13.2. The van der Waals surface area contributed by atoms with Gasteiger partial charge in [0.2, 0.25) is 0 Å². The van der Waals surface area contributed by atoms with Gasteiger partial charge in [0.05, 0.1) is 18.8 Å². The van der Waals surface area contributed by atoms with Crippen LogP contribution in [0.1, 0.15) is 42.7 Å². The van der Waals surface area contributed by atoms with Crippen LogP contribution >= 0.6 is 11.3 Å². The summed E-state index contributed by atoms with van der Waals surface area (Å²) in [6.45, 7) is 2.22. The number of hydrogen-bond donors (Lipinski definition) is 2. The van der Waals surface area contributed by atoms with Crippen LogP contribution in [-0.2, 0) is 27.1 Å². The van der Waals surface area contributed by atoms with E-state index < -0.39 is 23.9 Å². The monoisotopic (exact) mass is 419 g/mol. The van der Waals surface area contributed by atoms with Crippen molar-refractivity contribution in [2.24, 2.45) is 0 Å². The number of alkyl carbamates (subject to hydrolysis) is 1. The first-order valence-electron chi connectivity index (χ1n) is 8.71. The van der Waals surface area contributed by atoms with Gasteiger partial charge in [0.25, 0.3) is 0 Å². The van der Waals surface area contributed by atoms with Crippen LogP contribution in [0.25, 0.3) is 0 Å². The Bertz CT molecular complexity index is 788. The molecular formula is C17H20F3N3O4S. The van der Waals surface area contributed by atoms with Crippen LogP contribution in [0.3, 0.4) is 0 Å². The Hall–Kier alpha value is -2.48. The number of nitrogens with zero attached hydrogens (tertiary/aromatic N) is 1. The van der Waals surface area contributed by atoms with Crippen molar-refractivity contribution < 1.29 is 32.2 Å². The van der Waals surface area contributed by atoms with Crippen molar-refractivity contribution in [1.29, 1.82) is 5.26 Å². The highest BCUT2D eigenvalue weighted by Gasteiger charge is 2.64. The Morgan fingerprint density at radius 3 is 2.39 bits per heavy atom. The molecule has 1 aromatic rings. The van der Waals surface area contributed by atoms with Crippen molar-refractivity contribution in [2.75, 3.05) is 18.5 Å². The van der Waals surface area contributed by atoms with Crippen LogP contribution in [0.4, 0.5) is 23.0 Å². The van der Waals surface area contributed by atoms with Crippen LogP contribution in [0.15, 0.2) is 0 Å². The number of alkyl halides is 3. The summed E-state index contributed by atoms with van der Waals surface area (Å²) in [7, 11) is 0. The highest BCUT2D eigenvalue weighted by Crippen LogP contribution is 2.41. The summed E-state index contributed by atoms with van der Waals surface area (Å²) < 4.78 is 51.3. The Kier molecular flexibility index (Phi) is 6.77. The number of ether oxygens (including phenoxy) is 2. The molecule has 0 aliphatic heterocycles. The van der Waals surface area contributed by atoms with Crippen molar-refractivity contribution >= 4 is 28.4 Å². The SMILES string of the molecule is CCOC(=O)N[C@](Nc1sc2c(c1C#N)CCCC2)(C(=O)OCC)C(F)(F)F. The van der Waals surface area contributed by atoms with Crippen molar-refractivity contribution in [1.82, 2.24) is 5.32 Å². The van der Waals surface area contributed by atoms with Gasteiger partial charge >= 0.3 is 23.9 Å². The first kappa shape index (κ1) is 21.8. The normalized spacial score (nSPS) is 15.6. The number of hydrogen-bond acceptors (Lipinski definition) is 7. The molecule has 0 fully saturated rings. The molecule has 1 aliphatic carbocycles. The molecule has 1 amide bonds. The lowest BCUT2D eigenvalue weighted by Crippen LogP contribution is -2.69. The molecule has 1 heterocycles. The summed E-state index contributed by atoms with van der Waals surface area (Å²) in [5.74, 6) is -1.74. The average molecular weight is 419 g/mol. The maximum Gasteiger partial charge on any atom is 0.442 e. The van der Waals surface area contributed by atoms with Crippen LogP contribution in [0.5, 0.6) is 0 Å². The number of anilines is 1. The molecule has 11 heteroatoms. The molecule has 1 atom stereocenters. The van der Waals surface area contributed by atoms with Crippen molar-refractivity contribution in [2.45, 2.75) is 51.4 Å². The van der Waals surface area contributed by atoms with Crippen molar-refractivity contribution in [3.05, 3.63) is 16.0 Å². The van der Waals surface area contributed by atoms with E-state index in [9.17, 15) is 28.0 Å². The minimum Gasteiger partial charge on any atom is -0.463 e. The number of nitriles is 1. The van der Waals surface area contributed by atoms with E-state index in [1.807, 2.05) is 6.07 Å². The molecule has 1 aliphatic rings. The number of thiophene rings is 1. The molecular weight excluding hydrogens is 399 g/mol. The van der Waals surface area contributed by atoms with Gasteiger partial charge in [0, 0.05) is 4.88 Å². The maximum absolute atomic E-state index is 14.0. The molecule has 0 saturated heterocycles. The third kappa shape index (κ3) is 4.16. The summed E-state index contributed by atoms with van der Waals surface area (Å²) in [5, 5.41) is 13.0. The van der Waals surface area contributed by atoms with Gasteiger partial charge in [-0.05, 0) is 45.1 Å². The van der Waals surface area contributed by atoms with E-state index in [4.69, 9.17) is 0 Å². The second kappa shape index (κ2) is 8.68. The van der Waals surface area contributed by atoms with Gasteiger partial charge in [-0.3, -0.25) is 5.32 Å². The van der Waals surface area contributed by atoms with Gasteiger partial charge in [-0.25, -0.2) is 9.59 Å². The quantitative estimate of drug-likeness (QED) is 0.541. The van der Waals surface area contributed by atoms with E-state index in [2.05, 4.69) is 14.8 Å². The predicted molar refractivity (Wildman–Crippen MR) is 94.9 cm³/mol. The van der Waals surface area contributed by atoms with Gasteiger partial charge in [0.15, 0.2) is 0 Å². The van der Waals surface area contributed by atoms with E-state index in [0.29, 0.717) is 18.4 Å². The Morgan fingerprint density at radius 1 is 1.18 bits per heavy atom. The van der Waals surface area contributed by atoms with Gasteiger partial charge in [0.1, 0.15) is 11.1 Å². The molecule has 1 aromatic heterocycles. The number of halogens is 3. The van der Waals surface area contributed by atoms with E-state index in [1.165, 1.54) is 13.8 Å². The minimum absolute atomic E-state index is 0.0447. The molecule has 2 rings (SSSR count). The van der Waals surface area contributed by atoms with Crippen LogP contribution in [0.2, 0.25) is 0 Å². The molecule has 0 unspecified atom stereocenters. The smallest absolute Gasteiger partial charge is 0.442 e. The number of esters is 1. The summed E-state index contributed by atoms with van der Waals surface area (Å²) >= 11 is 0.972.